The van der Waals surface area contributed by atoms with Gasteiger partial charge in [0.25, 0.3) is 5.91 Å². The van der Waals surface area contributed by atoms with E-state index in [0.29, 0.717) is 34.6 Å². The smallest absolute Gasteiger partial charge is 0.254 e. The summed E-state index contributed by atoms with van der Waals surface area (Å²) in [6, 6.07) is 5.44. The number of carbonyl (C=O) groups is 1. The predicted molar refractivity (Wildman–Crippen MR) is 94.3 cm³/mol. The average molecular weight is 342 g/mol. The number of aliphatic hydroxyl groups is 1. The Labute approximate surface area is 145 Å². The van der Waals surface area contributed by atoms with Crippen molar-refractivity contribution in [3.8, 4) is 11.5 Å². The summed E-state index contributed by atoms with van der Waals surface area (Å²) < 4.78 is 7.25. The number of hydrogen-bond donors (Lipinski definition) is 1. The van der Waals surface area contributed by atoms with E-state index in [4.69, 9.17) is 4.42 Å². The molecule has 0 fully saturated rings. The number of amides is 1. The maximum absolute atomic E-state index is 13.0. The highest BCUT2D eigenvalue weighted by atomic mass is 16.3. The number of hydrogen-bond acceptors (Lipinski definition) is 5. The molecule has 0 aliphatic rings. The van der Waals surface area contributed by atoms with E-state index in [1.54, 1.807) is 34.2 Å². The van der Waals surface area contributed by atoms with Crippen LogP contribution in [0.25, 0.3) is 22.5 Å². The Morgan fingerprint density at radius 1 is 1.44 bits per heavy atom. The minimum Gasteiger partial charge on any atom is -0.463 e. The molecule has 7 heteroatoms. The van der Waals surface area contributed by atoms with Gasteiger partial charge in [0.2, 0.25) is 0 Å². The molecule has 1 N–H and O–H groups in total. The van der Waals surface area contributed by atoms with E-state index in [-0.39, 0.29) is 25.1 Å². The van der Waals surface area contributed by atoms with Crippen molar-refractivity contribution in [3.63, 3.8) is 0 Å². The van der Waals surface area contributed by atoms with Crippen LogP contribution in [0.5, 0.6) is 0 Å². The first-order valence-electron chi connectivity index (χ1n) is 8.39. The van der Waals surface area contributed by atoms with Crippen molar-refractivity contribution in [2.75, 3.05) is 19.7 Å². The van der Waals surface area contributed by atoms with E-state index in [1.807, 2.05) is 26.8 Å². The zero-order valence-electron chi connectivity index (χ0n) is 14.6. The number of carbonyl (C=O) groups excluding carboxylic acids is 1. The van der Waals surface area contributed by atoms with Crippen LogP contribution < -0.4 is 0 Å². The topological polar surface area (TPSA) is 84.4 Å². The normalized spacial score (nSPS) is 11.4. The third kappa shape index (κ3) is 3.15. The summed E-state index contributed by atoms with van der Waals surface area (Å²) in [6.07, 6.45) is 3.25. The summed E-state index contributed by atoms with van der Waals surface area (Å²) >= 11 is 0. The lowest BCUT2D eigenvalue weighted by molar-refractivity contribution is 0.0734. The molecule has 0 unspecified atom stereocenters. The van der Waals surface area contributed by atoms with E-state index < -0.39 is 0 Å². The molecule has 25 heavy (non-hydrogen) atoms. The second kappa shape index (κ2) is 7.06. The summed E-state index contributed by atoms with van der Waals surface area (Å²) in [5.41, 5.74) is 1.74. The van der Waals surface area contributed by atoms with E-state index in [2.05, 4.69) is 10.1 Å². The van der Waals surface area contributed by atoms with Gasteiger partial charge in [-0.25, -0.2) is 9.67 Å². The van der Waals surface area contributed by atoms with Gasteiger partial charge in [0.1, 0.15) is 5.69 Å². The highest BCUT2D eigenvalue weighted by molar-refractivity contribution is 6.06. The number of rotatable bonds is 6. The van der Waals surface area contributed by atoms with Gasteiger partial charge in [-0.1, -0.05) is 0 Å². The van der Waals surface area contributed by atoms with Crippen LogP contribution in [0.2, 0.25) is 0 Å². The van der Waals surface area contributed by atoms with Crippen molar-refractivity contribution >= 4 is 16.9 Å². The third-order valence-electron chi connectivity index (χ3n) is 4.10. The molecule has 0 aromatic carbocycles. The van der Waals surface area contributed by atoms with Crippen molar-refractivity contribution in [1.82, 2.24) is 19.7 Å². The summed E-state index contributed by atoms with van der Waals surface area (Å²) in [5, 5.41) is 14.3. The predicted octanol–water partition coefficient (Wildman–Crippen LogP) is 2.73. The van der Waals surface area contributed by atoms with Crippen molar-refractivity contribution < 1.29 is 14.3 Å². The second-order valence-electron chi connectivity index (χ2n) is 6.06. The zero-order valence-corrected chi connectivity index (χ0v) is 14.6. The van der Waals surface area contributed by atoms with Crippen LogP contribution in [-0.4, -0.2) is 50.4 Å². The largest absolute Gasteiger partial charge is 0.463 e. The number of nitrogens with zero attached hydrogens (tertiary/aromatic N) is 4. The molecule has 0 bridgehead atoms. The fraction of sp³-hybridized carbons (Fsp3) is 0.389. The van der Waals surface area contributed by atoms with Gasteiger partial charge in [0, 0.05) is 19.1 Å². The molecule has 3 aromatic heterocycles. The van der Waals surface area contributed by atoms with E-state index in [0.717, 1.165) is 0 Å². The van der Waals surface area contributed by atoms with Gasteiger partial charge in [-0.2, -0.15) is 5.10 Å². The summed E-state index contributed by atoms with van der Waals surface area (Å²) in [6.45, 7) is 6.63. The fourth-order valence-electron chi connectivity index (χ4n) is 2.82. The molecule has 1 amide bonds. The lowest BCUT2D eigenvalue weighted by Crippen LogP contribution is -2.33. The monoisotopic (exact) mass is 342 g/mol. The van der Waals surface area contributed by atoms with Gasteiger partial charge in [0.15, 0.2) is 11.4 Å². The molecule has 7 nitrogen and oxygen atoms in total. The fourth-order valence-corrected chi connectivity index (χ4v) is 2.82. The Morgan fingerprint density at radius 2 is 2.24 bits per heavy atom. The van der Waals surface area contributed by atoms with Gasteiger partial charge < -0.3 is 14.4 Å². The Kier molecular flexibility index (Phi) is 4.85. The van der Waals surface area contributed by atoms with Gasteiger partial charge >= 0.3 is 0 Å². The minimum atomic E-state index is -0.153. The number of aliphatic hydroxyl groups excluding tert-OH is 1. The van der Waals surface area contributed by atoms with E-state index >= 15 is 0 Å². The van der Waals surface area contributed by atoms with Gasteiger partial charge in [-0.15, -0.1) is 0 Å². The molecule has 0 radical (unpaired) electrons. The lowest BCUT2D eigenvalue weighted by atomic mass is 10.1. The van der Waals surface area contributed by atoms with Gasteiger partial charge in [-0.05, 0) is 39.0 Å². The standard InChI is InChI=1S/C18H22N4O3/c1-4-21(7-8-23)18(24)13-10-15(16-6-5-9-25-16)20-17-14(13)11-19-22(17)12(2)3/h5-6,9-12,23H,4,7-8H2,1-3H3. The van der Waals surface area contributed by atoms with Crippen LogP contribution >= 0.6 is 0 Å². The molecular weight excluding hydrogens is 320 g/mol. The van der Waals surface area contributed by atoms with Gasteiger partial charge in [-0.3, -0.25) is 4.79 Å². The molecule has 3 rings (SSSR count). The highest BCUT2D eigenvalue weighted by Crippen LogP contribution is 2.27. The maximum Gasteiger partial charge on any atom is 0.254 e. The maximum atomic E-state index is 13.0. The van der Waals surface area contributed by atoms with E-state index in [1.165, 1.54) is 0 Å². The average Bonchev–Trinajstić information content (AvgIpc) is 3.27. The molecule has 0 atom stereocenters. The summed E-state index contributed by atoms with van der Waals surface area (Å²) in [4.78, 5) is 19.3. The van der Waals surface area contributed by atoms with Gasteiger partial charge in [0.05, 0.1) is 30.0 Å². The van der Waals surface area contributed by atoms with E-state index in [9.17, 15) is 9.90 Å². The molecule has 0 aliphatic carbocycles. The Morgan fingerprint density at radius 3 is 2.84 bits per heavy atom. The first kappa shape index (κ1) is 17.2. The van der Waals surface area contributed by atoms with Crippen LogP contribution in [0.15, 0.2) is 35.1 Å². The third-order valence-corrected chi connectivity index (χ3v) is 4.10. The number of pyridine rings is 1. The molecule has 132 valence electrons. The Balaban J connectivity index is 2.20. The Bertz CT molecular complexity index is 868. The van der Waals surface area contributed by atoms with Crippen LogP contribution in [0.3, 0.4) is 0 Å². The summed E-state index contributed by atoms with van der Waals surface area (Å²) in [7, 11) is 0. The number of fused-ring (bicyclic) bond motifs is 1. The molecule has 3 aromatic rings. The minimum absolute atomic E-state index is 0.0793. The molecule has 0 spiro atoms. The lowest BCUT2D eigenvalue weighted by Gasteiger charge is -2.20. The molecule has 0 saturated heterocycles. The molecule has 0 aliphatic heterocycles. The quantitative estimate of drug-likeness (QED) is 0.744. The first-order valence-corrected chi connectivity index (χ1v) is 8.39. The van der Waals surface area contributed by atoms with Crippen LogP contribution in [-0.2, 0) is 0 Å². The van der Waals surface area contributed by atoms with Crippen LogP contribution in [0, 0.1) is 0 Å². The zero-order chi connectivity index (χ0) is 18.0. The van der Waals surface area contributed by atoms with Crippen molar-refractivity contribution in [3.05, 3.63) is 36.2 Å². The number of aromatic nitrogens is 3. The second-order valence-corrected chi connectivity index (χ2v) is 6.06. The SMILES string of the molecule is CCN(CCO)C(=O)c1cc(-c2ccco2)nc2c1cnn2C(C)C. The Hall–Kier alpha value is -2.67. The van der Waals surface area contributed by atoms with Crippen LogP contribution in [0.1, 0.15) is 37.2 Å². The molecular formula is C18H22N4O3. The first-order chi connectivity index (χ1) is 12.1. The molecule has 3 heterocycles. The van der Waals surface area contributed by atoms with Crippen molar-refractivity contribution in [2.45, 2.75) is 26.8 Å². The van der Waals surface area contributed by atoms with Crippen molar-refractivity contribution in [1.29, 1.82) is 0 Å². The van der Waals surface area contributed by atoms with Crippen molar-refractivity contribution in [2.24, 2.45) is 0 Å². The van der Waals surface area contributed by atoms with Crippen LogP contribution in [0.4, 0.5) is 0 Å². The molecule has 0 saturated carbocycles. The number of likely N-dealkylation sites (N-methyl/N-ethyl adjacent to an activating group) is 1. The highest BCUT2D eigenvalue weighted by Gasteiger charge is 2.22. The summed E-state index contributed by atoms with van der Waals surface area (Å²) in [5.74, 6) is 0.442. The number of furan rings is 1.